The van der Waals surface area contributed by atoms with Crippen LogP contribution < -0.4 is 0 Å². The van der Waals surface area contributed by atoms with Gasteiger partial charge in [0.1, 0.15) is 11.9 Å². The molecule has 1 atom stereocenters. The monoisotopic (exact) mass is 472 g/mol. The third kappa shape index (κ3) is 8.47. The van der Waals surface area contributed by atoms with E-state index in [2.05, 4.69) is 35.7 Å². The van der Waals surface area contributed by atoms with Crippen LogP contribution in [-0.2, 0) is 6.42 Å². The number of nitriles is 1. The van der Waals surface area contributed by atoms with Crippen LogP contribution in [0.4, 0.5) is 0 Å². The third-order valence-electron chi connectivity index (χ3n) is 5.63. The van der Waals surface area contributed by atoms with Gasteiger partial charge in [-0.25, -0.2) is 0 Å². The zero-order valence-electron chi connectivity index (χ0n) is 19.6. The van der Waals surface area contributed by atoms with Crippen molar-refractivity contribution < 1.29 is 0 Å². The maximum absolute atomic E-state index is 8.47. The number of rotatable bonds is 3. The van der Waals surface area contributed by atoms with Gasteiger partial charge in [-0.05, 0) is 61.6 Å². The summed E-state index contributed by atoms with van der Waals surface area (Å²) >= 11 is 11.5. The maximum atomic E-state index is 8.47. The molecule has 2 aromatic carbocycles. The molecule has 2 heterocycles. The standard InChI is InChI=1S/C10H19N3.C8H6ClN.C8H9Cl/c1-9-3-5-13(7-9)8-10-11-4-6-12(10)2;1-6-2-3-7(5-10)8(9)4-6;1-2-7-5-3-4-6-8(7)9/h9H,3-8H2,1-2H3;2-4H,1H3;3-6H,2H2,1H3. The molecule has 172 valence electrons. The Bertz CT molecular complexity index is 936. The first-order valence-electron chi connectivity index (χ1n) is 11.2. The van der Waals surface area contributed by atoms with E-state index in [1.54, 1.807) is 12.1 Å². The molecule has 0 amide bonds. The minimum Gasteiger partial charge on any atom is -0.360 e. The summed E-state index contributed by atoms with van der Waals surface area (Å²) in [4.78, 5) is 9.31. The molecule has 1 unspecified atom stereocenters. The lowest BCUT2D eigenvalue weighted by Gasteiger charge is -2.20. The highest BCUT2D eigenvalue weighted by Crippen LogP contribution is 2.16. The number of benzene rings is 2. The van der Waals surface area contributed by atoms with Crippen molar-refractivity contribution in [3.05, 3.63) is 69.2 Å². The predicted molar refractivity (Wildman–Crippen MR) is 137 cm³/mol. The first-order valence-corrected chi connectivity index (χ1v) is 12.0. The van der Waals surface area contributed by atoms with E-state index in [4.69, 9.17) is 28.5 Å². The number of likely N-dealkylation sites (tertiary alicyclic amines) is 1. The van der Waals surface area contributed by atoms with Crippen molar-refractivity contribution in [2.24, 2.45) is 10.9 Å². The number of likely N-dealkylation sites (N-methyl/N-ethyl adjacent to an activating group) is 1. The van der Waals surface area contributed by atoms with E-state index in [0.29, 0.717) is 10.6 Å². The molecule has 2 aliphatic heterocycles. The SMILES string of the molecule is CC1CCN(CC2=NCCN2C)C1.CCc1ccccc1Cl.Cc1ccc(C#N)c(Cl)c1. The molecule has 2 aromatic rings. The molecule has 0 aliphatic carbocycles. The fourth-order valence-corrected chi connectivity index (χ4v) is 4.16. The topological polar surface area (TPSA) is 42.6 Å². The van der Waals surface area contributed by atoms with Gasteiger partial charge in [-0.3, -0.25) is 9.89 Å². The summed E-state index contributed by atoms with van der Waals surface area (Å²) in [6.07, 6.45) is 2.37. The Morgan fingerprint density at radius 3 is 2.38 bits per heavy atom. The van der Waals surface area contributed by atoms with E-state index in [1.165, 1.54) is 30.9 Å². The van der Waals surface area contributed by atoms with Gasteiger partial charge in [0.25, 0.3) is 0 Å². The number of nitrogens with zero attached hydrogens (tertiary/aromatic N) is 4. The minimum absolute atomic E-state index is 0.530. The number of aliphatic imine (C=N–C) groups is 1. The second-order valence-corrected chi connectivity index (χ2v) is 9.20. The lowest BCUT2D eigenvalue weighted by atomic mass is 10.2. The largest absolute Gasteiger partial charge is 0.360 e. The van der Waals surface area contributed by atoms with Crippen LogP contribution in [0.1, 0.15) is 37.0 Å². The summed E-state index contributed by atoms with van der Waals surface area (Å²) in [7, 11) is 2.14. The Balaban J connectivity index is 0.000000174. The lowest BCUT2D eigenvalue weighted by molar-refractivity contribution is 0.361. The number of amidine groups is 1. The van der Waals surface area contributed by atoms with Gasteiger partial charge in [-0.2, -0.15) is 5.26 Å². The summed E-state index contributed by atoms with van der Waals surface area (Å²) in [5.74, 6) is 2.17. The van der Waals surface area contributed by atoms with E-state index in [1.807, 2.05) is 43.3 Å². The van der Waals surface area contributed by atoms with Crippen LogP contribution in [0.5, 0.6) is 0 Å². The molecule has 4 nitrogen and oxygen atoms in total. The Kier molecular flexibility index (Phi) is 11.0. The Hall–Kier alpha value is -2.06. The first kappa shape index (κ1) is 26.2. The zero-order chi connectivity index (χ0) is 23.5. The van der Waals surface area contributed by atoms with Crippen molar-refractivity contribution >= 4 is 29.0 Å². The average molecular weight is 473 g/mol. The quantitative estimate of drug-likeness (QED) is 0.542. The second-order valence-electron chi connectivity index (χ2n) is 8.39. The van der Waals surface area contributed by atoms with Crippen LogP contribution in [0.2, 0.25) is 10.0 Å². The molecule has 4 rings (SSSR count). The Labute approximate surface area is 203 Å². The maximum Gasteiger partial charge on any atom is 0.113 e. The molecule has 0 saturated carbocycles. The number of aryl methyl sites for hydroxylation is 2. The van der Waals surface area contributed by atoms with E-state index < -0.39 is 0 Å². The molecular formula is C26H34Cl2N4. The van der Waals surface area contributed by atoms with Gasteiger partial charge in [0, 0.05) is 25.2 Å². The minimum atomic E-state index is 0.530. The van der Waals surface area contributed by atoms with Gasteiger partial charge in [0.2, 0.25) is 0 Å². The highest BCUT2D eigenvalue weighted by molar-refractivity contribution is 6.31. The highest BCUT2D eigenvalue weighted by atomic mass is 35.5. The van der Waals surface area contributed by atoms with Gasteiger partial charge in [-0.1, -0.05) is 61.3 Å². The van der Waals surface area contributed by atoms with E-state index >= 15 is 0 Å². The van der Waals surface area contributed by atoms with Crippen LogP contribution in [0.15, 0.2) is 47.5 Å². The van der Waals surface area contributed by atoms with Crippen molar-refractivity contribution in [1.82, 2.24) is 9.80 Å². The fourth-order valence-electron chi connectivity index (χ4n) is 3.62. The molecule has 1 saturated heterocycles. The molecule has 2 aliphatic rings. The van der Waals surface area contributed by atoms with Crippen molar-refractivity contribution in [1.29, 1.82) is 5.26 Å². The molecule has 0 N–H and O–H groups in total. The van der Waals surface area contributed by atoms with Gasteiger partial charge < -0.3 is 4.90 Å². The fraction of sp³-hybridized carbons (Fsp3) is 0.462. The van der Waals surface area contributed by atoms with Gasteiger partial charge in [0.15, 0.2) is 0 Å². The van der Waals surface area contributed by atoms with E-state index in [-0.39, 0.29) is 0 Å². The zero-order valence-corrected chi connectivity index (χ0v) is 21.1. The Morgan fingerprint density at radius 2 is 1.88 bits per heavy atom. The Morgan fingerprint density at radius 1 is 1.12 bits per heavy atom. The summed E-state index contributed by atoms with van der Waals surface area (Å²) in [5, 5.41) is 9.88. The van der Waals surface area contributed by atoms with Crippen LogP contribution in [0, 0.1) is 24.2 Å². The van der Waals surface area contributed by atoms with Crippen molar-refractivity contribution in [2.45, 2.75) is 33.6 Å². The number of hydrogen-bond acceptors (Lipinski definition) is 4. The smallest absolute Gasteiger partial charge is 0.113 e. The summed E-state index contributed by atoms with van der Waals surface area (Å²) < 4.78 is 0. The van der Waals surface area contributed by atoms with Gasteiger partial charge in [-0.15, -0.1) is 0 Å². The molecule has 0 aromatic heterocycles. The van der Waals surface area contributed by atoms with Crippen LogP contribution in [0.3, 0.4) is 0 Å². The average Bonchev–Trinajstić information content (AvgIpc) is 3.37. The van der Waals surface area contributed by atoms with Crippen molar-refractivity contribution in [3.8, 4) is 6.07 Å². The van der Waals surface area contributed by atoms with E-state index in [0.717, 1.165) is 42.6 Å². The second kappa shape index (κ2) is 13.5. The summed E-state index contributed by atoms with van der Waals surface area (Å²) in [6.45, 7) is 12.1. The molecule has 0 bridgehead atoms. The van der Waals surface area contributed by atoms with E-state index in [9.17, 15) is 0 Å². The van der Waals surface area contributed by atoms with Crippen LogP contribution in [0.25, 0.3) is 0 Å². The van der Waals surface area contributed by atoms with Crippen LogP contribution in [-0.4, -0.2) is 55.4 Å². The molecule has 1 fully saturated rings. The third-order valence-corrected chi connectivity index (χ3v) is 6.31. The first-order chi connectivity index (χ1) is 15.3. The van der Waals surface area contributed by atoms with Crippen molar-refractivity contribution in [3.63, 3.8) is 0 Å². The number of halogens is 2. The molecule has 0 spiro atoms. The summed E-state index contributed by atoms with van der Waals surface area (Å²) in [5.41, 5.74) is 2.83. The predicted octanol–water partition coefficient (Wildman–Crippen LogP) is 6.09. The number of hydrogen-bond donors (Lipinski definition) is 0. The molecule has 0 radical (unpaired) electrons. The molecule has 32 heavy (non-hydrogen) atoms. The van der Waals surface area contributed by atoms with Crippen molar-refractivity contribution in [2.75, 3.05) is 39.8 Å². The van der Waals surface area contributed by atoms with Crippen LogP contribution >= 0.6 is 23.2 Å². The summed E-state index contributed by atoms with van der Waals surface area (Å²) in [6, 6.07) is 15.3. The molecule has 6 heteroatoms. The van der Waals surface area contributed by atoms with Gasteiger partial charge in [0.05, 0.1) is 23.7 Å². The highest BCUT2D eigenvalue weighted by Gasteiger charge is 2.22. The van der Waals surface area contributed by atoms with Gasteiger partial charge >= 0.3 is 0 Å². The molecular weight excluding hydrogens is 439 g/mol. The normalized spacial score (nSPS) is 17.6. The lowest BCUT2D eigenvalue weighted by Crippen LogP contribution is -2.35.